The van der Waals surface area contributed by atoms with Gasteiger partial charge >= 0.3 is 0 Å². The predicted octanol–water partition coefficient (Wildman–Crippen LogP) is 2.36. The van der Waals surface area contributed by atoms with Gasteiger partial charge in [0, 0.05) is 37.8 Å². The number of hydrogen-bond acceptors (Lipinski definition) is 4. The summed E-state index contributed by atoms with van der Waals surface area (Å²) in [7, 11) is -2.17. The van der Waals surface area contributed by atoms with E-state index >= 15 is 0 Å². The fourth-order valence-corrected chi connectivity index (χ4v) is 3.85. The molecule has 2 N–H and O–H groups in total. The monoisotopic (exact) mass is 401 g/mol. The van der Waals surface area contributed by atoms with Crippen LogP contribution >= 0.6 is 0 Å². The van der Waals surface area contributed by atoms with Crippen molar-refractivity contribution in [2.75, 3.05) is 12.4 Å². The van der Waals surface area contributed by atoms with Gasteiger partial charge in [-0.3, -0.25) is 9.59 Å². The second-order valence-electron chi connectivity index (χ2n) is 6.91. The van der Waals surface area contributed by atoms with Gasteiger partial charge in [-0.15, -0.1) is 0 Å². The van der Waals surface area contributed by atoms with Gasteiger partial charge in [-0.25, -0.2) is 8.42 Å². The Balaban J connectivity index is 1.66. The van der Waals surface area contributed by atoms with Gasteiger partial charge in [-0.1, -0.05) is 12.1 Å². The average molecular weight is 401 g/mol. The van der Waals surface area contributed by atoms with Gasteiger partial charge in [0.2, 0.25) is 15.9 Å². The van der Waals surface area contributed by atoms with Crippen LogP contribution in [0.3, 0.4) is 0 Å². The minimum absolute atomic E-state index is 0.103. The molecule has 2 amide bonds. The van der Waals surface area contributed by atoms with E-state index in [1.807, 2.05) is 0 Å². The van der Waals surface area contributed by atoms with Crippen LogP contribution in [0.25, 0.3) is 0 Å². The largest absolute Gasteiger partial charge is 0.349 e. The van der Waals surface area contributed by atoms with Crippen molar-refractivity contribution in [3.8, 4) is 0 Å². The molecule has 2 aromatic carbocycles. The molecule has 0 aliphatic heterocycles. The predicted molar refractivity (Wildman–Crippen MR) is 106 cm³/mol. The van der Waals surface area contributed by atoms with E-state index in [-0.39, 0.29) is 23.3 Å². The highest BCUT2D eigenvalue weighted by molar-refractivity contribution is 7.89. The van der Waals surface area contributed by atoms with Crippen LogP contribution in [0.4, 0.5) is 5.69 Å². The third-order valence-electron chi connectivity index (χ3n) is 4.42. The molecule has 2 aromatic rings. The molecule has 28 heavy (non-hydrogen) atoms. The van der Waals surface area contributed by atoms with Gasteiger partial charge in [0.05, 0.1) is 4.90 Å². The third-order valence-corrected chi connectivity index (χ3v) is 6.23. The van der Waals surface area contributed by atoms with Crippen LogP contribution in [-0.4, -0.2) is 37.6 Å². The molecule has 1 aliphatic rings. The number of rotatable bonds is 7. The number of nitrogens with zero attached hydrogens (tertiary/aromatic N) is 1. The molecule has 8 heteroatoms. The molecular weight excluding hydrogens is 378 g/mol. The molecule has 0 atom stereocenters. The summed E-state index contributed by atoms with van der Waals surface area (Å²) < 4.78 is 26.7. The molecule has 0 heterocycles. The van der Waals surface area contributed by atoms with E-state index < -0.39 is 10.0 Å². The highest BCUT2D eigenvalue weighted by atomic mass is 32.2. The molecule has 0 aromatic heterocycles. The molecule has 0 spiro atoms. The Kier molecular flexibility index (Phi) is 5.81. The maximum Gasteiger partial charge on any atom is 0.251 e. The van der Waals surface area contributed by atoms with Crippen LogP contribution in [0.1, 0.15) is 35.7 Å². The summed E-state index contributed by atoms with van der Waals surface area (Å²) in [5, 5.41) is 5.52. The maximum absolute atomic E-state index is 12.7. The molecule has 1 aliphatic carbocycles. The summed E-state index contributed by atoms with van der Waals surface area (Å²) in [6, 6.07) is 13.2. The zero-order valence-corrected chi connectivity index (χ0v) is 16.6. The number of carbonyl (C=O) groups is 2. The normalized spacial score (nSPS) is 14.0. The second-order valence-corrected chi connectivity index (χ2v) is 8.96. The van der Waals surface area contributed by atoms with E-state index in [0.29, 0.717) is 17.3 Å². The maximum atomic E-state index is 12.7. The van der Waals surface area contributed by atoms with Gasteiger partial charge in [0.1, 0.15) is 0 Å². The van der Waals surface area contributed by atoms with Crippen LogP contribution < -0.4 is 10.6 Å². The van der Waals surface area contributed by atoms with Crippen LogP contribution in [0.5, 0.6) is 0 Å². The van der Waals surface area contributed by atoms with Crippen LogP contribution in [0, 0.1) is 0 Å². The third kappa shape index (κ3) is 4.96. The average Bonchev–Trinajstić information content (AvgIpc) is 3.46. The summed E-state index contributed by atoms with van der Waals surface area (Å²) in [5.41, 5.74) is 1.88. The minimum Gasteiger partial charge on any atom is -0.349 e. The van der Waals surface area contributed by atoms with Crippen molar-refractivity contribution in [1.82, 2.24) is 9.62 Å². The molecule has 0 radical (unpaired) electrons. The molecular formula is C20H23N3O4S. The van der Waals surface area contributed by atoms with Crippen LogP contribution in [0.15, 0.2) is 53.4 Å². The fourth-order valence-electron chi connectivity index (χ4n) is 2.69. The van der Waals surface area contributed by atoms with Crippen molar-refractivity contribution in [2.24, 2.45) is 0 Å². The van der Waals surface area contributed by atoms with Crippen molar-refractivity contribution in [2.45, 2.75) is 37.2 Å². The van der Waals surface area contributed by atoms with Crippen molar-refractivity contribution >= 4 is 27.5 Å². The zero-order chi connectivity index (χ0) is 20.3. The van der Waals surface area contributed by atoms with Gasteiger partial charge in [-0.2, -0.15) is 4.31 Å². The smallest absolute Gasteiger partial charge is 0.251 e. The van der Waals surface area contributed by atoms with Crippen molar-refractivity contribution in [3.63, 3.8) is 0 Å². The molecule has 1 saturated carbocycles. The number of carbonyl (C=O) groups excluding carboxylic acids is 2. The van der Waals surface area contributed by atoms with Crippen LogP contribution in [-0.2, 0) is 21.4 Å². The SMILES string of the molecule is CC(=O)Nc1ccc(S(=O)(=O)N(C)Cc2ccc(C(=O)NC3CC3)cc2)cc1. The summed E-state index contributed by atoms with van der Waals surface area (Å²) in [4.78, 5) is 23.2. The van der Waals surface area contributed by atoms with Crippen LogP contribution in [0.2, 0.25) is 0 Å². The zero-order valence-electron chi connectivity index (χ0n) is 15.8. The molecule has 148 valence electrons. The summed E-state index contributed by atoms with van der Waals surface area (Å²) >= 11 is 0. The Hall–Kier alpha value is -2.71. The molecule has 7 nitrogen and oxygen atoms in total. The summed E-state index contributed by atoms with van der Waals surface area (Å²) in [6.45, 7) is 1.57. The molecule has 1 fully saturated rings. The lowest BCUT2D eigenvalue weighted by Crippen LogP contribution is -2.27. The molecule has 0 bridgehead atoms. The van der Waals surface area contributed by atoms with Gasteiger partial charge in [-0.05, 0) is 54.8 Å². The number of anilines is 1. The summed E-state index contributed by atoms with van der Waals surface area (Å²) in [5.74, 6) is -0.323. The Morgan fingerprint density at radius 2 is 1.64 bits per heavy atom. The van der Waals surface area contributed by atoms with Gasteiger partial charge in [0.25, 0.3) is 5.91 Å². The van der Waals surface area contributed by atoms with Crippen molar-refractivity contribution in [1.29, 1.82) is 0 Å². The van der Waals surface area contributed by atoms with E-state index in [1.165, 1.54) is 30.4 Å². The molecule has 0 saturated heterocycles. The first kappa shape index (κ1) is 20.0. The highest BCUT2D eigenvalue weighted by Crippen LogP contribution is 2.21. The highest BCUT2D eigenvalue weighted by Gasteiger charge is 2.24. The Bertz CT molecular complexity index is 966. The number of nitrogens with one attached hydrogen (secondary N) is 2. The second kappa shape index (κ2) is 8.12. The summed E-state index contributed by atoms with van der Waals surface area (Å²) in [6.07, 6.45) is 2.05. The van der Waals surface area contributed by atoms with Gasteiger partial charge < -0.3 is 10.6 Å². The Morgan fingerprint density at radius 3 is 2.18 bits per heavy atom. The lowest BCUT2D eigenvalue weighted by atomic mass is 10.1. The number of amides is 2. The Labute approximate surface area is 164 Å². The standard InChI is InChI=1S/C20H23N3O4S/c1-14(24)21-17-9-11-19(12-10-17)28(26,27)23(2)13-15-3-5-16(6-4-15)20(25)22-18-7-8-18/h3-6,9-12,18H,7-8,13H2,1-2H3,(H,21,24)(H,22,25). The van der Waals surface area contributed by atoms with Crippen molar-refractivity contribution < 1.29 is 18.0 Å². The first-order chi connectivity index (χ1) is 13.3. The number of hydrogen-bond donors (Lipinski definition) is 2. The first-order valence-corrected chi connectivity index (χ1v) is 10.4. The minimum atomic E-state index is -3.68. The Morgan fingerprint density at radius 1 is 1.04 bits per heavy atom. The number of benzene rings is 2. The van der Waals surface area contributed by atoms with Gasteiger partial charge in [0.15, 0.2) is 0 Å². The number of sulfonamides is 1. The van der Waals surface area contributed by atoms with E-state index in [9.17, 15) is 18.0 Å². The topological polar surface area (TPSA) is 95.6 Å². The van der Waals surface area contributed by atoms with E-state index in [1.54, 1.807) is 36.4 Å². The lowest BCUT2D eigenvalue weighted by molar-refractivity contribution is -0.114. The first-order valence-electron chi connectivity index (χ1n) is 8.99. The van der Waals surface area contributed by atoms with Crippen molar-refractivity contribution in [3.05, 3.63) is 59.7 Å². The fraction of sp³-hybridized carbons (Fsp3) is 0.300. The van der Waals surface area contributed by atoms with E-state index in [0.717, 1.165) is 18.4 Å². The quantitative estimate of drug-likeness (QED) is 0.744. The lowest BCUT2D eigenvalue weighted by Gasteiger charge is -2.18. The molecule has 0 unspecified atom stereocenters. The van der Waals surface area contributed by atoms with E-state index in [2.05, 4.69) is 10.6 Å². The molecule has 3 rings (SSSR count). The van der Waals surface area contributed by atoms with E-state index in [4.69, 9.17) is 0 Å².